The van der Waals surface area contributed by atoms with Gasteiger partial charge in [-0.3, -0.25) is 14.2 Å². The largest absolute Gasteiger partial charge is 0.352 e. The SMILES string of the molecule is CCc1ccc(CNC(=O)C2CCN(c3nc4cccnc4n(C)c3=O)CC2)cc1. The van der Waals surface area contributed by atoms with Gasteiger partial charge in [-0.05, 0) is 42.5 Å². The van der Waals surface area contributed by atoms with Gasteiger partial charge in [-0.2, -0.15) is 0 Å². The molecule has 3 aromatic rings. The summed E-state index contributed by atoms with van der Waals surface area (Å²) in [6.07, 6.45) is 4.08. The van der Waals surface area contributed by atoms with Crippen molar-refractivity contribution < 1.29 is 4.79 Å². The number of rotatable bonds is 5. The number of hydrogen-bond donors (Lipinski definition) is 1. The Morgan fingerprint density at radius 3 is 2.53 bits per heavy atom. The third kappa shape index (κ3) is 4.06. The van der Waals surface area contributed by atoms with Gasteiger partial charge in [0.1, 0.15) is 5.52 Å². The van der Waals surface area contributed by atoms with E-state index in [0.29, 0.717) is 49.5 Å². The summed E-state index contributed by atoms with van der Waals surface area (Å²) >= 11 is 0. The molecule has 3 heterocycles. The van der Waals surface area contributed by atoms with E-state index in [0.717, 1.165) is 12.0 Å². The maximum Gasteiger partial charge on any atom is 0.294 e. The van der Waals surface area contributed by atoms with Crippen LogP contribution in [0, 0.1) is 5.92 Å². The van der Waals surface area contributed by atoms with Crippen molar-refractivity contribution in [3.8, 4) is 0 Å². The van der Waals surface area contributed by atoms with Gasteiger partial charge < -0.3 is 10.2 Å². The summed E-state index contributed by atoms with van der Waals surface area (Å²) in [6.45, 7) is 3.95. The highest BCUT2D eigenvalue weighted by atomic mass is 16.2. The van der Waals surface area contributed by atoms with Crippen LogP contribution >= 0.6 is 0 Å². The summed E-state index contributed by atoms with van der Waals surface area (Å²) < 4.78 is 1.54. The number of pyridine rings is 1. The molecule has 1 aromatic carbocycles. The lowest BCUT2D eigenvalue weighted by Gasteiger charge is -2.31. The Morgan fingerprint density at radius 1 is 1.13 bits per heavy atom. The summed E-state index contributed by atoms with van der Waals surface area (Å²) in [5.41, 5.74) is 3.52. The minimum absolute atomic E-state index is 0.0397. The number of amides is 1. The lowest BCUT2D eigenvalue weighted by molar-refractivity contribution is -0.125. The predicted octanol–water partition coefficient (Wildman–Crippen LogP) is 2.42. The molecule has 7 heteroatoms. The summed E-state index contributed by atoms with van der Waals surface area (Å²) in [7, 11) is 1.72. The van der Waals surface area contributed by atoms with Gasteiger partial charge in [0.2, 0.25) is 5.91 Å². The molecule has 1 aliphatic heterocycles. The second kappa shape index (κ2) is 8.65. The zero-order valence-corrected chi connectivity index (χ0v) is 17.5. The van der Waals surface area contributed by atoms with Crippen molar-refractivity contribution in [2.75, 3.05) is 18.0 Å². The van der Waals surface area contributed by atoms with E-state index in [2.05, 4.69) is 46.5 Å². The van der Waals surface area contributed by atoms with Gasteiger partial charge in [-0.1, -0.05) is 31.2 Å². The molecule has 30 heavy (non-hydrogen) atoms. The van der Waals surface area contributed by atoms with Crippen molar-refractivity contribution in [1.29, 1.82) is 0 Å². The molecule has 0 spiro atoms. The molecule has 156 valence electrons. The van der Waals surface area contributed by atoms with Crippen molar-refractivity contribution in [3.05, 3.63) is 64.1 Å². The third-order valence-corrected chi connectivity index (χ3v) is 5.87. The van der Waals surface area contributed by atoms with E-state index < -0.39 is 0 Å². The van der Waals surface area contributed by atoms with E-state index in [1.807, 2.05) is 17.0 Å². The highest BCUT2D eigenvalue weighted by Crippen LogP contribution is 2.21. The van der Waals surface area contributed by atoms with Gasteiger partial charge in [0.15, 0.2) is 11.5 Å². The monoisotopic (exact) mass is 405 g/mol. The molecule has 0 atom stereocenters. The Bertz CT molecular complexity index is 1100. The molecular formula is C23H27N5O2. The molecule has 1 N–H and O–H groups in total. The van der Waals surface area contributed by atoms with Crippen LogP contribution in [0.2, 0.25) is 0 Å². The van der Waals surface area contributed by atoms with Crippen LogP contribution in [0.3, 0.4) is 0 Å². The number of carbonyl (C=O) groups is 1. The first kappa shape index (κ1) is 20.1. The Balaban J connectivity index is 1.37. The number of piperidine rings is 1. The zero-order valence-electron chi connectivity index (χ0n) is 17.5. The van der Waals surface area contributed by atoms with Crippen molar-refractivity contribution in [2.24, 2.45) is 13.0 Å². The quantitative estimate of drug-likeness (QED) is 0.705. The first-order valence-electron chi connectivity index (χ1n) is 10.5. The van der Waals surface area contributed by atoms with Crippen molar-refractivity contribution in [2.45, 2.75) is 32.7 Å². The summed E-state index contributed by atoms with van der Waals surface area (Å²) in [6, 6.07) is 12.0. The number of carbonyl (C=O) groups excluding carboxylic acids is 1. The van der Waals surface area contributed by atoms with Crippen molar-refractivity contribution >= 4 is 22.9 Å². The Morgan fingerprint density at radius 2 is 1.83 bits per heavy atom. The smallest absolute Gasteiger partial charge is 0.294 e. The van der Waals surface area contributed by atoms with Gasteiger partial charge in [0, 0.05) is 38.8 Å². The van der Waals surface area contributed by atoms with E-state index in [1.165, 1.54) is 5.56 Å². The predicted molar refractivity (Wildman–Crippen MR) is 117 cm³/mol. The third-order valence-electron chi connectivity index (χ3n) is 5.87. The molecule has 0 radical (unpaired) electrons. The van der Waals surface area contributed by atoms with Gasteiger partial charge in [0.05, 0.1) is 0 Å². The number of aromatic nitrogens is 3. The van der Waals surface area contributed by atoms with E-state index in [-0.39, 0.29) is 17.4 Å². The fourth-order valence-electron chi connectivity index (χ4n) is 3.93. The molecule has 0 unspecified atom stereocenters. The molecule has 0 aliphatic carbocycles. The number of nitrogens with one attached hydrogen (secondary N) is 1. The lowest BCUT2D eigenvalue weighted by atomic mass is 9.96. The fourth-order valence-corrected chi connectivity index (χ4v) is 3.93. The lowest BCUT2D eigenvalue weighted by Crippen LogP contribution is -2.43. The van der Waals surface area contributed by atoms with Gasteiger partial charge in [-0.25, -0.2) is 9.97 Å². The highest BCUT2D eigenvalue weighted by Gasteiger charge is 2.27. The standard InChI is InChI=1S/C23H27N5O2/c1-3-16-6-8-17(9-7-16)15-25-22(29)18-10-13-28(14-11-18)21-23(30)27(2)20-19(26-21)5-4-12-24-20/h4-9,12,18H,3,10-11,13-15H2,1-2H3,(H,25,29). The Hall–Kier alpha value is -3.22. The molecular weight excluding hydrogens is 378 g/mol. The molecule has 1 amide bonds. The molecule has 7 nitrogen and oxygen atoms in total. The average molecular weight is 406 g/mol. The van der Waals surface area contributed by atoms with Crippen LogP contribution < -0.4 is 15.8 Å². The van der Waals surface area contributed by atoms with Crippen molar-refractivity contribution in [1.82, 2.24) is 19.9 Å². The number of fused-ring (bicyclic) bond motifs is 1. The number of nitrogens with zero attached hydrogens (tertiary/aromatic N) is 4. The van der Waals surface area contributed by atoms with Crippen LogP contribution in [0.5, 0.6) is 0 Å². The summed E-state index contributed by atoms with van der Waals surface area (Å²) in [4.78, 5) is 36.1. The van der Waals surface area contributed by atoms with Crippen LogP contribution in [0.1, 0.15) is 30.9 Å². The van der Waals surface area contributed by atoms with Crippen LogP contribution in [-0.2, 0) is 24.8 Å². The van der Waals surface area contributed by atoms with Crippen LogP contribution in [0.15, 0.2) is 47.4 Å². The first-order chi connectivity index (χ1) is 14.6. The van der Waals surface area contributed by atoms with Gasteiger partial charge in [0.25, 0.3) is 5.56 Å². The van der Waals surface area contributed by atoms with E-state index in [1.54, 1.807) is 17.8 Å². The minimum Gasteiger partial charge on any atom is -0.352 e. The molecule has 1 fully saturated rings. The summed E-state index contributed by atoms with van der Waals surface area (Å²) in [5, 5.41) is 3.06. The van der Waals surface area contributed by atoms with Gasteiger partial charge in [-0.15, -0.1) is 0 Å². The zero-order chi connectivity index (χ0) is 21.1. The maximum atomic E-state index is 12.7. The van der Waals surface area contributed by atoms with Crippen LogP contribution in [0.4, 0.5) is 5.82 Å². The van der Waals surface area contributed by atoms with E-state index in [4.69, 9.17) is 0 Å². The topological polar surface area (TPSA) is 80.1 Å². The second-order valence-electron chi connectivity index (χ2n) is 7.79. The molecule has 1 aliphatic rings. The summed E-state index contributed by atoms with van der Waals surface area (Å²) in [5.74, 6) is 0.479. The normalized spacial score (nSPS) is 14.8. The van der Waals surface area contributed by atoms with E-state index in [9.17, 15) is 9.59 Å². The number of aryl methyl sites for hydroxylation is 2. The second-order valence-corrected chi connectivity index (χ2v) is 7.79. The van der Waals surface area contributed by atoms with Crippen LogP contribution in [0.25, 0.3) is 11.2 Å². The molecule has 2 aromatic heterocycles. The first-order valence-corrected chi connectivity index (χ1v) is 10.5. The highest BCUT2D eigenvalue weighted by molar-refractivity contribution is 5.79. The van der Waals surface area contributed by atoms with Crippen molar-refractivity contribution in [3.63, 3.8) is 0 Å². The Kier molecular flexibility index (Phi) is 5.79. The fraction of sp³-hybridized carbons (Fsp3) is 0.391. The molecule has 0 bridgehead atoms. The average Bonchev–Trinajstić information content (AvgIpc) is 2.80. The number of anilines is 1. The van der Waals surface area contributed by atoms with E-state index >= 15 is 0 Å². The number of benzene rings is 1. The number of hydrogen-bond acceptors (Lipinski definition) is 5. The van der Waals surface area contributed by atoms with Crippen LogP contribution in [-0.4, -0.2) is 33.5 Å². The maximum absolute atomic E-state index is 12.7. The molecule has 0 saturated carbocycles. The molecule has 4 rings (SSSR count). The van der Waals surface area contributed by atoms with Gasteiger partial charge >= 0.3 is 0 Å². The molecule has 1 saturated heterocycles. The minimum atomic E-state index is -0.153. The Labute approximate surface area is 175 Å².